The maximum Gasteiger partial charge on any atom is 0.317 e. The zero-order valence-corrected chi connectivity index (χ0v) is 12.3. The van der Waals surface area contributed by atoms with Crippen LogP contribution in [0.25, 0.3) is 0 Å². The fraction of sp³-hybridized carbons (Fsp3) is 0.769. The Morgan fingerprint density at radius 3 is 2.38 bits per heavy atom. The van der Waals surface area contributed by atoms with Gasteiger partial charge < -0.3 is 24.8 Å². The molecule has 0 saturated carbocycles. The molecule has 21 heavy (non-hydrogen) atoms. The number of piperidine rings is 1. The summed E-state index contributed by atoms with van der Waals surface area (Å²) in [5.74, 6) is -1.37. The maximum absolute atomic E-state index is 11.9. The number of hydrogen-bond acceptors (Lipinski definition) is 5. The minimum Gasteiger partial charge on any atom is -0.481 e. The summed E-state index contributed by atoms with van der Waals surface area (Å²) in [5.41, 5.74) is 0. The minimum atomic E-state index is -0.977. The molecular weight excluding hydrogens is 280 g/mol. The van der Waals surface area contributed by atoms with E-state index >= 15 is 0 Å². The smallest absolute Gasteiger partial charge is 0.317 e. The van der Waals surface area contributed by atoms with Gasteiger partial charge in [-0.1, -0.05) is 0 Å². The molecular formula is C13H22N2O6. The summed E-state index contributed by atoms with van der Waals surface area (Å²) >= 11 is 0. The molecule has 1 saturated heterocycles. The number of carbonyl (C=O) groups excluding carboxylic acids is 2. The number of nitrogens with zero attached hydrogens (tertiary/aromatic N) is 1. The Hall–Kier alpha value is -1.83. The van der Waals surface area contributed by atoms with E-state index in [0.717, 1.165) is 0 Å². The standard InChI is InChI=1S/C13H22N2O6/c1-20-10(7-11(16)17)8-14-13(19)15-5-3-9(4-6-15)12(18)21-2/h9-10H,3-8H2,1-2H3,(H,14,19)(H,16,17). The Kier molecular flexibility index (Phi) is 6.93. The number of nitrogens with one attached hydrogen (secondary N) is 1. The largest absolute Gasteiger partial charge is 0.481 e. The highest BCUT2D eigenvalue weighted by Crippen LogP contribution is 2.18. The molecule has 1 rings (SSSR count). The van der Waals surface area contributed by atoms with Crippen LogP contribution in [-0.2, 0) is 19.1 Å². The lowest BCUT2D eigenvalue weighted by molar-refractivity contribution is -0.146. The lowest BCUT2D eigenvalue weighted by Crippen LogP contribution is -2.47. The summed E-state index contributed by atoms with van der Waals surface area (Å²) in [6.07, 6.45) is 0.423. The highest BCUT2D eigenvalue weighted by Gasteiger charge is 2.28. The highest BCUT2D eigenvalue weighted by molar-refractivity contribution is 5.76. The first kappa shape index (κ1) is 17.2. The first-order chi connectivity index (χ1) is 9.97. The number of urea groups is 1. The van der Waals surface area contributed by atoms with Crippen molar-refractivity contribution in [2.45, 2.75) is 25.4 Å². The van der Waals surface area contributed by atoms with Gasteiger partial charge in [-0.25, -0.2) is 4.79 Å². The number of carboxylic acids is 1. The van der Waals surface area contributed by atoms with Crippen LogP contribution in [0.4, 0.5) is 4.79 Å². The van der Waals surface area contributed by atoms with Gasteiger partial charge in [0.25, 0.3) is 0 Å². The Labute approximate surface area is 123 Å². The van der Waals surface area contributed by atoms with E-state index in [-0.39, 0.29) is 30.9 Å². The fourth-order valence-corrected chi connectivity index (χ4v) is 2.23. The van der Waals surface area contributed by atoms with E-state index in [4.69, 9.17) is 9.84 Å². The van der Waals surface area contributed by atoms with Crippen LogP contribution in [-0.4, -0.2) is 67.9 Å². The summed E-state index contributed by atoms with van der Waals surface area (Å²) in [7, 11) is 2.76. The molecule has 0 aromatic heterocycles. The van der Waals surface area contributed by atoms with Gasteiger partial charge in [0.05, 0.1) is 25.6 Å². The molecule has 8 heteroatoms. The molecule has 1 atom stereocenters. The van der Waals surface area contributed by atoms with Gasteiger partial charge in [-0.2, -0.15) is 0 Å². The third-order valence-corrected chi connectivity index (χ3v) is 3.53. The van der Waals surface area contributed by atoms with E-state index < -0.39 is 12.1 Å². The van der Waals surface area contributed by atoms with Gasteiger partial charge in [0.2, 0.25) is 0 Å². The molecule has 8 nitrogen and oxygen atoms in total. The Morgan fingerprint density at radius 2 is 1.90 bits per heavy atom. The number of amides is 2. The van der Waals surface area contributed by atoms with E-state index in [1.54, 1.807) is 4.90 Å². The predicted octanol–water partition coefficient (Wildman–Crippen LogP) is 0.0707. The Balaban J connectivity index is 2.33. The molecule has 1 aliphatic rings. The summed E-state index contributed by atoms with van der Waals surface area (Å²) in [5, 5.41) is 11.3. The van der Waals surface area contributed by atoms with Crippen LogP contribution in [0.1, 0.15) is 19.3 Å². The number of hydrogen-bond donors (Lipinski definition) is 2. The van der Waals surface area contributed by atoms with Crippen LogP contribution in [0, 0.1) is 5.92 Å². The fourth-order valence-electron chi connectivity index (χ4n) is 2.23. The monoisotopic (exact) mass is 302 g/mol. The van der Waals surface area contributed by atoms with Crippen LogP contribution in [0.2, 0.25) is 0 Å². The SMILES string of the molecule is COC(=O)C1CCN(C(=O)NCC(CC(=O)O)OC)CC1. The number of carbonyl (C=O) groups is 3. The number of methoxy groups -OCH3 is 2. The maximum atomic E-state index is 11.9. The molecule has 1 fully saturated rings. The van der Waals surface area contributed by atoms with Crippen LogP contribution < -0.4 is 5.32 Å². The molecule has 2 N–H and O–H groups in total. The number of likely N-dealkylation sites (tertiary alicyclic amines) is 1. The molecule has 1 heterocycles. The summed E-state index contributed by atoms with van der Waals surface area (Å²) in [6.45, 7) is 1.09. The van der Waals surface area contributed by atoms with Gasteiger partial charge in [0.15, 0.2) is 0 Å². The number of aliphatic carboxylic acids is 1. The average Bonchev–Trinajstić information content (AvgIpc) is 2.50. The summed E-state index contributed by atoms with van der Waals surface area (Å²) in [6, 6.07) is -0.272. The Bertz CT molecular complexity index is 379. The summed E-state index contributed by atoms with van der Waals surface area (Å²) < 4.78 is 9.67. The predicted molar refractivity (Wildman–Crippen MR) is 72.8 cm³/mol. The lowest BCUT2D eigenvalue weighted by atomic mass is 9.97. The molecule has 0 aromatic carbocycles. The van der Waals surface area contributed by atoms with Crippen molar-refractivity contribution in [3.8, 4) is 0 Å². The lowest BCUT2D eigenvalue weighted by Gasteiger charge is -2.31. The van der Waals surface area contributed by atoms with Crippen molar-refractivity contribution in [2.24, 2.45) is 5.92 Å². The first-order valence-corrected chi connectivity index (χ1v) is 6.83. The van der Waals surface area contributed by atoms with Crippen LogP contribution in [0.3, 0.4) is 0 Å². The second kappa shape index (κ2) is 8.46. The van der Waals surface area contributed by atoms with Gasteiger partial charge in [0.1, 0.15) is 0 Å². The van der Waals surface area contributed by atoms with Crippen LogP contribution >= 0.6 is 0 Å². The topological polar surface area (TPSA) is 105 Å². The zero-order chi connectivity index (χ0) is 15.8. The highest BCUT2D eigenvalue weighted by atomic mass is 16.5. The first-order valence-electron chi connectivity index (χ1n) is 6.83. The number of carboxylic acid groups (broad SMARTS) is 1. The second-order valence-corrected chi connectivity index (χ2v) is 4.93. The minimum absolute atomic E-state index is 0.137. The van der Waals surface area contributed by atoms with Crippen molar-refractivity contribution in [1.82, 2.24) is 10.2 Å². The van der Waals surface area contributed by atoms with Crippen LogP contribution in [0.15, 0.2) is 0 Å². The number of ether oxygens (including phenoxy) is 2. The van der Waals surface area contributed by atoms with Crippen molar-refractivity contribution >= 4 is 18.0 Å². The third kappa shape index (κ3) is 5.58. The van der Waals surface area contributed by atoms with Gasteiger partial charge >= 0.3 is 18.0 Å². The van der Waals surface area contributed by atoms with Crippen molar-refractivity contribution in [3.05, 3.63) is 0 Å². The normalized spacial score (nSPS) is 17.1. The van der Waals surface area contributed by atoms with E-state index in [9.17, 15) is 14.4 Å². The van der Waals surface area contributed by atoms with Crippen molar-refractivity contribution in [1.29, 1.82) is 0 Å². The molecule has 0 aromatic rings. The quantitative estimate of drug-likeness (QED) is 0.673. The van der Waals surface area contributed by atoms with Crippen LogP contribution in [0.5, 0.6) is 0 Å². The molecule has 2 amide bonds. The molecule has 1 unspecified atom stereocenters. The molecule has 0 spiro atoms. The number of rotatable bonds is 6. The molecule has 0 bridgehead atoms. The summed E-state index contributed by atoms with van der Waals surface area (Å²) in [4.78, 5) is 35.5. The van der Waals surface area contributed by atoms with Crippen molar-refractivity contribution in [3.63, 3.8) is 0 Å². The van der Waals surface area contributed by atoms with Gasteiger partial charge in [-0.15, -0.1) is 0 Å². The second-order valence-electron chi connectivity index (χ2n) is 4.93. The van der Waals surface area contributed by atoms with Crippen molar-refractivity contribution < 1.29 is 29.0 Å². The van der Waals surface area contributed by atoms with E-state index in [2.05, 4.69) is 10.1 Å². The Morgan fingerprint density at radius 1 is 1.29 bits per heavy atom. The van der Waals surface area contributed by atoms with Gasteiger partial charge in [-0.3, -0.25) is 9.59 Å². The zero-order valence-electron chi connectivity index (χ0n) is 12.3. The van der Waals surface area contributed by atoms with Gasteiger partial charge in [0, 0.05) is 26.7 Å². The molecule has 0 radical (unpaired) electrons. The van der Waals surface area contributed by atoms with E-state index in [0.29, 0.717) is 25.9 Å². The van der Waals surface area contributed by atoms with E-state index in [1.165, 1.54) is 14.2 Å². The third-order valence-electron chi connectivity index (χ3n) is 3.53. The number of esters is 1. The van der Waals surface area contributed by atoms with E-state index in [1.807, 2.05) is 0 Å². The average molecular weight is 302 g/mol. The van der Waals surface area contributed by atoms with Gasteiger partial charge in [-0.05, 0) is 12.8 Å². The van der Waals surface area contributed by atoms with Crippen molar-refractivity contribution in [2.75, 3.05) is 33.9 Å². The molecule has 120 valence electrons. The molecule has 0 aliphatic carbocycles. The molecule has 1 aliphatic heterocycles.